The highest BCUT2D eigenvalue weighted by Gasteiger charge is 2.11. The van der Waals surface area contributed by atoms with Crippen LogP contribution < -0.4 is 21.1 Å². The van der Waals surface area contributed by atoms with Crippen molar-refractivity contribution >= 4 is 51.9 Å². The van der Waals surface area contributed by atoms with Gasteiger partial charge in [0.05, 0.1) is 12.8 Å². The van der Waals surface area contributed by atoms with Crippen LogP contribution in [0.15, 0.2) is 48.8 Å². The van der Waals surface area contributed by atoms with E-state index in [9.17, 15) is 0 Å². The molecule has 3 aromatic rings. The fraction of sp³-hybridized carbons (Fsp3) is 0.0588. The largest absolute Gasteiger partial charge is 0.495 e. The summed E-state index contributed by atoms with van der Waals surface area (Å²) in [5, 5.41) is 7.47. The zero-order chi connectivity index (χ0) is 17.8. The molecule has 0 fully saturated rings. The number of methoxy groups -OCH3 is 1. The Morgan fingerprint density at radius 3 is 2.24 bits per heavy atom. The van der Waals surface area contributed by atoms with Gasteiger partial charge in [-0.3, -0.25) is 0 Å². The Balaban J connectivity index is 1.88. The molecule has 2 aromatic carbocycles. The van der Waals surface area contributed by atoms with Gasteiger partial charge >= 0.3 is 0 Å². The lowest BCUT2D eigenvalue weighted by molar-refractivity contribution is 0.417. The molecule has 0 spiro atoms. The third-order valence-electron chi connectivity index (χ3n) is 3.41. The predicted octanol–water partition coefficient (Wildman–Crippen LogP) is 4.86. The number of halogens is 2. The summed E-state index contributed by atoms with van der Waals surface area (Å²) in [6, 6.07) is 12.4. The zero-order valence-corrected chi connectivity index (χ0v) is 14.8. The first-order valence-corrected chi connectivity index (χ1v) is 8.06. The fourth-order valence-electron chi connectivity index (χ4n) is 2.17. The van der Waals surface area contributed by atoms with Crippen molar-refractivity contribution in [3.63, 3.8) is 0 Å². The summed E-state index contributed by atoms with van der Waals surface area (Å²) in [6.07, 6.45) is 1.41. The maximum atomic E-state index is 6.19. The molecule has 0 amide bonds. The second kappa shape index (κ2) is 7.46. The van der Waals surface area contributed by atoms with Gasteiger partial charge in [-0.1, -0.05) is 23.2 Å². The maximum Gasteiger partial charge on any atom is 0.159 e. The minimum absolute atomic E-state index is 0.361. The molecule has 0 bridgehead atoms. The molecule has 0 aliphatic heterocycles. The van der Waals surface area contributed by atoms with E-state index in [1.165, 1.54) is 6.33 Å². The summed E-state index contributed by atoms with van der Waals surface area (Å²) in [7, 11) is 1.57. The highest BCUT2D eigenvalue weighted by molar-refractivity contribution is 6.31. The topological polar surface area (TPSA) is 85.1 Å². The molecule has 25 heavy (non-hydrogen) atoms. The van der Waals surface area contributed by atoms with Crippen molar-refractivity contribution in [1.82, 2.24) is 9.97 Å². The molecular weight excluding hydrogens is 361 g/mol. The van der Waals surface area contributed by atoms with Crippen molar-refractivity contribution in [3.05, 3.63) is 58.8 Å². The molecule has 1 heterocycles. The number of anilines is 5. The quantitative estimate of drug-likeness (QED) is 0.590. The molecule has 4 N–H and O–H groups in total. The first kappa shape index (κ1) is 17.1. The van der Waals surface area contributed by atoms with Gasteiger partial charge in [-0.15, -0.1) is 0 Å². The lowest BCUT2D eigenvalue weighted by Crippen LogP contribution is -2.05. The van der Waals surface area contributed by atoms with E-state index in [1.807, 2.05) is 12.1 Å². The number of nitrogens with two attached hydrogens (primary N) is 1. The number of nitrogen functional groups attached to an aromatic ring is 1. The van der Waals surface area contributed by atoms with Gasteiger partial charge in [0.2, 0.25) is 0 Å². The average molecular weight is 376 g/mol. The van der Waals surface area contributed by atoms with E-state index in [4.69, 9.17) is 33.7 Å². The van der Waals surface area contributed by atoms with Crippen LogP contribution in [0.2, 0.25) is 10.0 Å². The Morgan fingerprint density at radius 1 is 0.920 bits per heavy atom. The van der Waals surface area contributed by atoms with Crippen molar-refractivity contribution in [2.45, 2.75) is 0 Å². The fourth-order valence-corrected chi connectivity index (χ4v) is 2.47. The molecule has 0 radical (unpaired) electrons. The van der Waals surface area contributed by atoms with Crippen molar-refractivity contribution in [3.8, 4) is 5.75 Å². The summed E-state index contributed by atoms with van der Waals surface area (Å²) in [4.78, 5) is 8.37. The smallest absolute Gasteiger partial charge is 0.159 e. The predicted molar refractivity (Wildman–Crippen MR) is 102 cm³/mol. The lowest BCUT2D eigenvalue weighted by atomic mass is 10.2. The molecule has 1 aromatic heterocycles. The molecule has 0 aliphatic carbocycles. The molecular formula is C17H15Cl2N5O. The van der Waals surface area contributed by atoms with E-state index in [1.54, 1.807) is 37.4 Å². The van der Waals surface area contributed by atoms with E-state index in [0.29, 0.717) is 38.8 Å². The van der Waals surface area contributed by atoms with Gasteiger partial charge in [0, 0.05) is 15.7 Å². The molecule has 3 rings (SSSR count). The van der Waals surface area contributed by atoms with Gasteiger partial charge in [-0.2, -0.15) is 0 Å². The Morgan fingerprint density at radius 2 is 1.56 bits per heavy atom. The normalized spacial score (nSPS) is 10.4. The van der Waals surface area contributed by atoms with Crippen molar-refractivity contribution < 1.29 is 4.74 Å². The zero-order valence-electron chi connectivity index (χ0n) is 13.3. The summed E-state index contributed by atoms with van der Waals surface area (Å²) < 4.78 is 5.32. The number of ether oxygens (including phenoxy) is 1. The molecule has 0 atom stereocenters. The molecule has 6 nitrogen and oxygen atoms in total. The number of rotatable bonds is 5. The third-order valence-corrected chi connectivity index (χ3v) is 3.89. The maximum absolute atomic E-state index is 6.19. The molecule has 0 aliphatic rings. The highest BCUT2D eigenvalue weighted by Crippen LogP contribution is 2.33. The van der Waals surface area contributed by atoms with Gasteiger partial charge in [0.1, 0.15) is 17.8 Å². The Labute approximate surface area is 155 Å². The average Bonchev–Trinajstić information content (AvgIpc) is 2.60. The van der Waals surface area contributed by atoms with Crippen LogP contribution in [-0.2, 0) is 0 Å². The Hall–Kier alpha value is -2.70. The van der Waals surface area contributed by atoms with E-state index in [0.717, 1.165) is 5.69 Å². The number of hydrogen-bond acceptors (Lipinski definition) is 6. The van der Waals surface area contributed by atoms with Crippen LogP contribution >= 0.6 is 23.2 Å². The monoisotopic (exact) mass is 375 g/mol. The van der Waals surface area contributed by atoms with Crippen molar-refractivity contribution in [2.75, 3.05) is 23.5 Å². The summed E-state index contributed by atoms with van der Waals surface area (Å²) >= 11 is 11.9. The number of nitrogens with zero attached hydrogens (tertiary/aromatic N) is 2. The van der Waals surface area contributed by atoms with Gasteiger partial charge in [0.15, 0.2) is 11.6 Å². The number of hydrogen-bond donors (Lipinski definition) is 3. The van der Waals surface area contributed by atoms with E-state index < -0.39 is 0 Å². The molecule has 128 valence electrons. The summed E-state index contributed by atoms with van der Waals surface area (Å²) in [5.41, 5.74) is 8.01. The van der Waals surface area contributed by atoms with E-state index in [2.05, 4.69) is 20.6 Å². The van der Waals surface area contributed by atoms with Crippen LogP contribution in [0.4, 0.5) is 28.7 Å². The molecule has 0 unspecified atom stereocenters. The standard InChI is InChI=1S/C17H15Cl2N5O/c1-25-14-7-4-11(19)8-13(14)24-17-15(20)16(21-9-22-17)23-12-5-2-10(18)3-6-12/h2-9H,20H2,1H3,(H2,21,22,23,24). The first-order chi connectivity index (χ1) is 12.1. The molecule has 0 saturated heterocycles. The Bertz CT molecular complexity index is 887. The first-order valence-electron chi connectivity index (χ1n) is 7.30. The number of aromatic nitrogens is 2. The van der Waals surface area contributed by atoms with Crippen LogP contribution in [0, 0.1) is 0 Å². The third kappa shape index (κ3) is 4.04. The van der Waals surface area contributed by atoms with E-state index >= 15 is 0 Å². The van der Waals surface area contributed by atoms with Crippen LogP contribution in [-0.4, -0.2) is 17.1 Å². The second-order valence-electron chi connectivity index (χ2n) is 5.09. The lowest BCUT2D eigenvalue weighted by Gasteiger charge is -2.14. The van der Waals surface area contributed by atoms with Crippen molar-refractivity contribution in [1.29, 1.82) is 0 Å². The van der Waals surface area contributed by atoms with Crippen LogP contribution in [0.1, 0.15) is 0 Å². The summed E-state index contributed by atoms with van der Waals surface area (Å²) in [6.45, 7) is 0. The SMILES string of the molecule is COc1ccc(Cl)cc1Nc1ncnc(Nc2ccc(Cl)cc2)c1N. The van der Waals surface area contributed by atoms with Gasteiger partial charge in [-0.25, -0.2) is 9.97 Å². The van der Waals surface area contributed by atoms with Crippen LogP contribution in [0.25, 0.3) is 0 Å². The Kier molecular flexibility index (Phi) is 5.11. The van der Waals surface area contributed by atoms with Crippen molar-refractivity contribution in [2.24, 2.45) is 0 Å². The molecule has 8 heteroatoms. The van der Waals surface area contributed by atoms with Gasteiger partial charge < -0.3 is 21.1 Å². The van der Waals surface area contributed by atoms with Gasteiger partial charge in [0.25, 0.3) is 0 Å². The van der Waals surface area contributed by atoms with E-state index in [-0.39, 0.29) is 0 Å². The highest BCUT2D eigenvalue weighted by atomic mass is 35.5. The molecule has 0 saturated carbocycles. The minimum Gasteiger partial charge on any atom is -0.495 e. The number of nitrogens with one attached hydrogen (secondary N) is 2. The van der Waals surface area contributed by atoms with Crippen LogP contribution in [0.3, 0.4) is 0 Å². The number of benzene rings is 2. The van der Waals surface area contributed by atoms with Gasteiger partial charge in [-0.05, 0) is 42.5 Å². The second-order valence-corrected chi connectivity index (χ2v) is 5.96. The van der Waals surface area contributed by atoms with Crippen LogP contribution in [0.5, 0.6) is 5.75 Å². The minimum atomic E-state index is 0.361. The summed E-state index contributed by atoms with van der Waals surface area (Å²) in [5.74, 6) is 1.53.